The maximum absolute atomic E-state index is 12.7. The number of thiophene rings is 1. The first-order valence-electron chi connectivity index (χ1n) is 3.46. The van der Waals surface area contributed by atoms with Gasteiger partial charge in [-0.05, 0) is 6.07 Å². The summed E-state index contributed by atoms with van der Waals surface area (Å²) in [6, 6.07) is 7.56. The van der Waals surface area contributed by atoms with Gasteiger partial charge in [0.2, 0.25) is 5.63 Å². The lowest BCUT2D eigenvalue weighted by Gasteiger charge is -1.95. The number of hydrogen-bond acceptors (Lipinski definition) is 1. The second-order valence-corrected chi connectivity index (χ2v) is 3.65. The van der Waals surface area contributed by atoms with Gasteiger partial charge in [0.05, 0.1) is 5.38 Å². The summed E-state index contributed by atoms with van der Waals surface area (Å²) in [6.07, 6.45) is 0. The highest BCUT2D eigenvalue weighted by molar-refractivity contribution is 7.16. The van der Waals surface area contributed by atoms with Crippen molar-refractivity contribution in [3.05, 3.63) is 35.2 Å². The van der Waals surface area contributed by atoms with Gasteiger partial charge in [0.25, 0.3) is 0 Å². The maximum atomic E-state index is 12.7. The minimum atomic E-state index is -1.44. The fraction of sp³-hybridized carbons (Fsp3) is 0.111. The molecule has 3 heteroatoms. The van der Waals surface area contributed by atoms with Crippen LogP contribution in [0.5, 0.6) is 0 Å². The van der Waals surface area contributed by atoms with Gasteiger partial charge >= 0.3 is 0 Å². The normalized spacial score (nSPS) is 13.5. The molecule has 0 bridgehead atoms. The molecule has 0 aliphatic rings. The van der Waals surface area contributed by atoms with E-state index < -0.39 is 5.63 Å². The Bertz CT molecular complexity index is 394. The zero-order valence-electron chi connectivity index (χ0n) is 6.05. The molecule has 2 aromatic rings. The van der Waals surface area contributed by atoms with Crippen LogP contribution in [0.15, 0.2) is 24.3 Å². The molecule has 0 nitrogen and oxygen atoms in total. The molecule has 0 saturated heterocycles. The molecular weight excluding hydrogens is 195 g/mol. The van der Waals surface area contributed by atoms with Crippen LogP contribution in [0, 0.1) is 5.38 Å². The van der Waals surface area contributed by atoms with E-state index in [1.54, 1.807) is 0 Å². The summed E-state index contributed by atoms with van der Waals surface area (Å²) in [6.45, 7) is 0. The molecule has 61 valence electrons. The fourth-order valence-electron chi connectivity index (χ4n) is 1.11. The summed E-state index contributed by atoms with van der Waals surface area (Å²) >= 11 is 6.73. The molecule has 0 amide bonds. The summed E-state index contributed by atoms with van der Waals surface area (Å²) in [7, 11) is 0. The minimum Gasteiger partial charge on any atom is -0.225 e. The Kier molecular flexibility index (Phi) is 2.03. The second-order valence-electron chi connectivity index (χ2n) is 2.41. The first-order chi connectivity index (χ1) is 5.79. The van der Waals surface area contributed by atoms with Crippen LogP contribution in [0.2, 0.25) is 0 Å². The molecule has 1 aromatic carbocycles. The van der Waals surface area contributed by atoms with Crippen LogP contribution in [-0.2, 0) is 0 Å². The van der Waals surface area contributed by atoms with Crippen molar-refractivity contribution in [1.29, 1.82) is 0 Å². The number of alkyl halides is 2. The first-order valence-corrected chi connectivity index (χ1v) is 4.71. The van der Waals surface area contributed by atoms with Gasteiger partial charge in [-0.15, -0.1) is 11.3 Å². The second kappa shape index (κ2) is 3.04. The molecule has 2 rings (SSSR count). The van der Waals surface area contributed by atoms with E-state index in [0.717, 1.165) is 10.1 Å². The predicted molar refractivity (Wildman–Crippen MR) is 50.4 cm³/mol. The molecule has 1 unspecified atom stereocenters. The van der Waals surface area contributed by atoms with Gasteiger partial charge in [-0.25, -0.2) is 4.39 Å². The van der Waals surface area contributed by atoms with Crippen molar-refractivity contribution in [3.63, 3.8) is 0 Å². The van der Waals surface area contributed by atoms with Gasteiger partial charge < -0.3 is 0 Å². The fourth-order valence-corrected chi connectivity index (χ4v) is 2.21. The highest BCUT2D eigenvalue weighted by Gasteiger charge is 2.11. The summed E-state index contributed by atoms with van der Waals surface area (Å²) in [5.41, 5.74) is -0.988. The topological polar surface area (TPSA) is 0 Å². The number of halogens is 2. The Morgan fingerprint density at radius 1 is 1.42 bits per heavy atom. The molecule has 12 heavy (non-hydrogen) atoms. The first kappa shape index (κ1) is 8.02. The summed E-state index contributed by atoms with van der Waals surface area (Å²) < 4.78 is 13.8. The molecule has 1 heterocycles. The lowest BCUT2D eigenvalue weighted by atomic mass is 10.2. The van der Waals surface area contributed by atoms with Gasteiger partial charge in [0, 0.05) is 15.6 Å². The average Bonchev–Trinajstić information content (AvgIpc) is 2.47. The molecule has 0 aliphatic carbocycles. The number of fused-ring (bicyclic) bond motifs is 1. The smallest absolute Gasteiger partial charge is 0.200 e. The van der Waals surface area contributed by atoms with Crippen molar-refractivity contribution in [2.24, 2.45) is 0 Å². The Balaban J connectivity index is 2.70. The molecule has 0 N–H and O–H groups in total. The van der Waals surface area contributed by atoms with Crippen LogP contribution in [0.25, 0.3) is 10.1 Å². The van der Waals surface area contributed by atoms with Crippen molar-refractivity contribution in [2.45, 2.75) is 5.63 Å². The number of rotatable bonds is 1. The van der Waals surface area contributed by atoms with Crippen LogP contribution in [0.1, 0.15) is 11.2 Å². The SMILES string of the molecule is FC(Cl)c1[c]sc2ccccc12. The van der Waals surface area contributed by atoms with Crippen molar-refractivity contribution in [2.75, 3.05) is 0 Å². The van der Waals surface area contributed by atoms with Crippen LogP contribution >= 0.6 is 22.9 Å². The lowest BCUT2D eigenvalue weighted by molar-refractivity contribution is 0.463. The van der Waals surface area contributed by atoms with E-state index in [4.69, 9.17) is 11.6 Å². The van der Waals surface area contributed by atoms with Crippen LogP contribution in [-0.4, -0.2) is 0 Å². The van der Waals surface area contributed by atoms with Crippen molar-refractivity contribution in [3.8, 4) is 0 Å². The molecular formula is C9H5ClFS. The van der Waals surface area contributed by atoms with E-state index in [-0.39, 0.29) is 0 Å². The van der Waals surface area contributed by atoms with E-state index in [2.05, 4.69) is 5.38 Å². The van der Waals surface area contributed by atoms with Gasteiger partial charge in [-0.2, -0.15) is 0 Å². The van der Waals surface area contributed by atoms with E-state index in [1.165, 1.54) is 11.3 Å². The molecule has 1 radical (unpaired) electrons. The zero-order chi connectivity index (χ0) is 8.55. The van der Waals surface area contributed by atoms with Crippen molar-refractivity contribution >= 4 is 33.0 Å². The van der Waals surface area contributed by atoms with Gasteiger partial charge in [0.15, 0.2) is 0 Å². The third kappa shape index (κ3) is 1.21. The van der Waals surface area contributed by atoms with Crippen molar-refractivity contribution < 1.29 is 4.39 Å². The van der Waals surface area contributed by atoms with Crippen LogP contribution in [0.4, 0.5) is 4.39 Å². The third-order valence-electron chi connectivity index (χ3n) is 1.67. The standard InChI is InChI=1S/C9H5ClFS/c10-9(11)7-5-12-8-4-2-1-3-6(7)8/h1-4,9H. The third-order valence-corrected chi connectivity index (χ3v) is 2.78. The van der Waals surface area contributed by atoms with Crippen molar-refractivity contribution in [1.82, 2.24) is 0 Å². The quantitative estimate of drug-likeness (QED) is 0.611. The predicted octanol–water partition coefficient (Wildman–Crippen LogP) is 3.91. The maximum Gasteiger partial charge on any atom is 0.200 e. The highest BCUT2D eigenvalue weighted by atomic mass is 35.5. The lowest BCUT2D eigenvalue weighted by Crippen LogP contribution is -1.77. The van der Waals surface area contributed by atoms with E-state index >= 15 is 0 Å². The molecule has 1 atom stereocenters. The Morgan fingerprint density at radius 3 is 2.92 bits per heavy atom. The van der Waals surface area contributed by atoms with E-state index in [0.29, 0.717) is 5.56 Å². The molecule has 1 aromatic heterocycles. The molecule has 0 fully saturated rings. The Labute approximate surface area is 78.6 Å². The number of hydrogen-bond donors (Lipinski definition) is 0. The van der Waals surface area contributed by atoms with Gasteiger partial charge in [-0.3, -0.25) is 0 Å². The summed E-state index contributed by atoms with van der Waals surface area (Å²) in [4.78, 5) is 0. The number of benzene rings is 1. The Morgan fingerprint density at radius 2 is 2.17 bits per heavy atom. The zero-order valence-corrected chi connectivity index (χ0v) is 7.62. The summed E-state index contributed by atoms with van der Waals surface area (Å²) in [5, 5.41) is 3.71. The van der Waals surface area contributed by atoms with E-state index in [9.17, 15) is 4.39 Å². The minimum absolute atomic E-state index is 0.456. The van der Waals surface area contributed by atoms with Gasteiger partial charge in [0.1, 0.15) is 0 Å². The van der Waals surface area contributed by atoms with E-state index in [1.807, 2.05) is 24.3 Å². The molecule has 0 spiro atoms. The monoisotopic (exact) mass is 199 g/mol. The largest absolute Gasteiger partial charge is 0.225 e. The Hall–Kier alpha value is -0.600. The highest BCUT2D eigenvalue weighted by Crippen LogP contribution is 2.33. The molecule has 0 aliphatic heterocycles. The van der Waals surface area contributed by atoms with Crippen LogP contribution < -0.4 is 0 Å². The van der Waals surface area contributed by atoms with Crippen LogP contribution in [0.3, 0.4) is 0 Å². The summed E-state index contributed by atoms with van der Waals surface area (Å²) in [5.74, 6) is 0. The molecule has 0 saturated carbocycles. The average molecular weight is 200 g/mol. The van der Waals surface area contributed by atoms with Gasteiger partial charge in [-0.1, -0.05) is 29.8 Å².